The van der Waals surface area contributed by atoms with Crippen LogP contribution in [-0.4, -0.2) is 23.9 Å². The molecule has 0 aliphatic heterocycles. The van der Waals surface area contributed by atoms with Crippen LogP contribution in [0.1, 0.15) is 18.5 Å². The van der Waals surface area contributed by atoms with Crippen LogP contribution in [0.5, 0.6) is 5.75 Å². The number of hydrogen-bond acceptors (Lipinski definition) is 3. The van der Waals surface area contributed by atoms with Gasteiger partial charge in [0.15, 0.2) is 0 Å². The summed E-state index contributed by atoms with van der Waals surface area (Å²) < 4.78 is 7.40. The van der Waals surface area contributed by atoms with E-state index >= 15 is 0 Å². The fourth-order valence-electron chi connectivity index (χ4n) is 2.57. The average molecular weight is 307 g/mol. The summed E-state index contributed by atoms with van der Waals surface area (Å²) in [5, 5.41) is 7.75. The molecule has 0 bridgehead atoms. The van der Waals surface area contributed by atoms with Crippen molar-refractivity contribution in [2.45, 2.75) is 13.0 Å². The van der Waals surface area contributed by atoms with E-state index in [1.807, 2.05) is 60.5 Å². The van der Waals surface area contributed by atoms with E-state index in [2.05, 4.69) is 29.5 Å². The van der Waals surface area contributed by atoms with Gasteiger partial charge in [-0.15, -0.1) is 0 Å². The molecule has 1 aromatic heterocycles. The molecule has 0 spiro atoms. The molecule has 0 aliphatic rings. The number of rotatable bonds is 5. The third kappa shape index (κ3) is 3.12. The van der Waals surface area contributed by atoms with Gasteiger partial charge < -0.3 is 10.1 Å². The lowest BCUT2D eigenvalue weighted by Crippen LogP contribution is -2.12. The van der Waals surface area contributed by atoms with Crippen molar-refractivity contribution in [3.63, 3.8) is 0 Å². The van der Waals surface area contributed by atoms with Gasteiger partial charge in [0.05, 0.1) is 19.0 Å². The van der Waals surface area contributed by atoms with E-state index in [0.717, 1.165) is 22.6 Å². The Bertz CT molecular complexity index is 780. The maximum Gasteiger partial charge on any atom is 0.126 e. The second kappa shape index (κ2) is 6.67. The van der Waals surface area contributed by atoms with E-state index in [4.69, 9.17) is 4.74 Å². The fourth-order valence-corrected chi connectivity index (χ4v) is 2.57. The van der Waals surface area contributed by atoms with Crippen molar-refractivity contribution >= 4 is 0 Å². The van der Waals surface area contributed by atoms with E-state index < -0.39 is 0 Å². The summed E-state index contributed by atoms with van der Waals surface area (Å²) in [4.78, 5) is 0. The van der Waals surface area contributed by atoms with Gasteiger partial charge in [-0.3, -0.25) is 0 Å². The van der Waals surface area contributed by atoms with E-state index in [9.17, 15) is 0 Å². The minimum Gasteiger partial charge on any atom is -0.496 e. The molecule has 4 nitrogen and oxygen atoms in total. The van der Waals surface area contributed by atoms with Crippen LogP contribution < -0.4 is 10.1 Å². The third-order valence-electron chi connectivity index (χ3n) is 4.07. The number of nitrogens with one attached hydrogen (secondary N) is 1. The molecule has 0 radical (unpaired) electrons. The lowest BCUT2D eigenvalue weighted by atomic mass is 10.0. The standard InChI is InChI=1S/C19H21N3O/c1-14(20-2)15-9-10-19(23-3)18(11-15)16-12-21-22(13-16)17-7-5-4-6-8-17/h4-14,20H,1-3H3. The minimum atomic E-state index is 0.281. The minimum absolute atomic E-state index is 0.281. The van der Waals surface area contributed by atoms with Crippen molar-refractivity contribution in [3.8, 4) is 22.6 Å². The second-order valence-electron chi connectivity index (χ2n) is 5.48. The molecule has 3 rings (SSSR count). The number of para-hydroxylation sites is 1. The van der Waals surface area contributed by atoms with Crippen LogP contribution in [0.3, 0.4) is 0 Å². The third-order valence-corrected chi connectivity index (χ3v) is 4.07. The van der Waals surface area contributed by atoms with Gasteiger partial charge in [-0.05, 0) is 43.8 Å². The largest absolute Gasteiger partial charge is 0.496 e. The van der Waals surface area contributed by atoms with E-state index in [1.165, 1.54) is 5.56 Å². The zero-order valence-electron chi connectivity index (χ0n) is 13.7. The quantitative estimate of drug-likeness (QED) is 0.778. The summed E-state index contributed by atoms with van der Waals surface area (Å²) in [6, 6.07) is 16.6. The SMILES string of the molecule is CNC(C)c1ccc(OC)c(-c2cnn(-c3ccccc3)c2)c1. The first kappa shape index (κ1) is 15.3. The van der Waals surface area contributed by atoms with Crippen LogP contribution >= 0.6 is 0 Å². The van der Waals surface area contributed by atoms with Gasteiger partial charge in [0.1, 0.15) is 5.75 Å². The Hall–Kier alpha value is -2.59. The van der Waals surface area contributed by atoms with Crippen molar-refractivity contribution in [1.29, 1.82) is 0 Å². The highest BCUT2D eigenvalue weighted by Crippen LogP contribution is 2.32. The topological polar surface area (TPSA) is 39.1 Å². The Morgan fingerprint density at radius 1 is 1.13 bits per heavy atom. The van der Waals surface area contributed by atoms with Gasteiger partial charge in [-0.1, -0.05) is 24.3 Å². The first-order chi connectivity index (χ1) is 11.2. The highest BCUT2D eigenvalue weighted by molar-refractivity contribution is 5.70. The molecule has 3 aromatic rings. The molecule has 1 N–H and O–H groups in total. The predicted octanol–water partition coefficient (Wildman–Crippen LogP) is 3.83. The molecule has 0 amide bonds. The maximum absolute atomic E-state index is 5.53. The van der Waals surface area contributed by atoms with Crippen LogP contribution in [0.25, 0.3) is 16.8 Å². The molecule has 0 saturated heterocycles. The molecule has 118 valence electrons. The van der Waals surface area contributed by atoms with E-state index in [0.29, 0.717) is 0 Å². The van der Waals surface area contributed by atoms with Crippen LogP contribution in [0.15, 0.2) is 60.9 Å². The van der Waals surface area contributed by atoms with Crippen LogP contribution in [-0.2, 0) is 0 Å². The van der Waals surface area contributed by atoms with Crippen molar-refractivity contribution < 1.29 is 4.74 Å². The van der Waals surface area contributed by atoms with Crippen LogP contribution in [0.2, 0.25) is 0 Å². The zero-order chi connectivity index (χ0) is 16.2. The van der Waals surface area contributed by atoms with Gasteiger partial charge in [-0.2, -0.15) is 5.10 Å². The number of hydrogen-bond donors (Lipinski definition) is 1. The van der Waals surface area contributed by atoms with Crippen molar-refractivity contribution in [2.75, 3.05) is 14.2 Å². The smallest absolute Gasteiger partial charge is 0.126 e. The lowest BCUT2D eigenvalue weighted by Gasteiger charge is -2.14. The Morgan fingerprint density at radius 2 is 1.91 bits per heavy atom. The monoisotopic (exact) mass is 307 g/mol. The number of benzene rings is 2. The molecule has 4 heteroatoms. The molecule has 2 aromatic carbocycles. The van der Waals surface area contributed by atoms with Crippen molar-refractivity contribution in [1.82, 2.24) is 15.1 Å². The molecule has 0 fully saturated rings. The Balaban J connectivity index is 2.02. The highest BCUT2D eigenvalue weighted by Gasteiger charge is 2.12. The molecule has 1 atom stereocenters. The zero-order valence-corrected chi connectivity index (χ0v) is 13.7. The summed E-state index contributed by atoms with van der Waals surface area (Å²) in [6.45, 7) is 2.14. The number of methoxy groups -OCH3 is 1. The molecule has 0 saturated carbocycles. The van der Waals surface area contributed by atoms with Crippen molar-refractivity contribution in [3.05, 3.63) is 66.5 Å². The first-order valence-corrected chi connectivity index (χ1v) is 7.68. The molecule has 23 heavy (non-hydrogen) atoms. The molecule has 1 heterocycles. The van der Waals surface area contributed by atoms with Gasteiger partial charge >= 0.3 is 0 Å². The summed E-state index contributed by atoms with van der Waals surface area (Å²) in [5.41, 5.74) is 4.35. The molecular formula is C19H21N3O. The Kier molecular flexibility index (Phi) is 4.44. The lowest BCUT2D eigenvalue weighted by molar-refractivity contribution is 0.416. The predicted molar refractivity (Wildman–Crippen MR) is 93.0 cm³/mol. The van der Waals surface area contributed by atoms with Crippen LogP contribution in [0.4, 0.5) is 0 Å². The van der Waals surface area contributed by atoms with Crippen molar-refractivity contribution in [2.24, 2.45) is 0 Å². The average Bonchev–Trinajstić information content (AvgIpc) is 3.11. The summed E-state index contributed by atoms with van der Waals surface area (Å²) in [6.07, 6.45) is 3.90. The number of aromatic nitrogens is 2. The van der Waals surface area contributed by atoms with Gasteiger partial charge in [-0.25, -0.2) is 4.68 Å². The van der Waals surface area contributed by atoms with E-state index in [-0.39, 0.29) is 6.04 Å². The highest BCUT2D eigenvalue weighted by atomic mass is 16.5. The number of nitrogens with zero attached hydrogens (tertiary/aromatic N) is 2. The van der Waals surface area contributed by atoms with Crippen LogP contribution in [0, 0.1) is 0 Å². The Labute approximate surface area is 136 Å². The van der Waals surface area contributed by atoms with E-state index in [1.54, 1.807) is 7.11 Å². The maximum atomic E-state index is 5.53. The molecular weight excluding hydrogens is 286 g/mol. The second-order valence-corrected chi connectivity index (χ2v) is 5.48. The van der Waals surface area contributed by atoms with Gasteiger partial charge in [0.25, 0.3) is 0 Å². The summed E-state index contributed by atoms with van der Waals surface area (Å²) in [5.74, 6) is 0.852. The van der Waals surface area contributed by atoms with Gasteiger partial charge in [0, 0.05) is 23.4 Å². The molecule has 0 aliphatic carbocycles. The fraction of sp³-hybridized carbons (Fsp3) is 0.211. The normalized spacial score (nSPS) is 12.1. The summed E-state index contributed by atoms with van der Waals surface area (Å²) in [7, 11) is 3.66. The van der Waals surface area contributed by atoms with Gasteiger partial charge in [0.2, 0.25) is 0 Å². The number of ether oxygens (including phenoxy) is 1. The first-order valence-electron chi connectivity index (χ1n) is 7.68. The summed E-state index contributed by atoms with van der Waals surface area (Å²) >= 11 is 0. The molecule has 1 unspecified atom stereocenters. The Morgan fingerprint density at radius 3 is 2.61 bits per heavy atom.